The summed E-state index contributed by atoms with van der Waals surface area (Å²) in [6, 6.07) is 17.5. The first-order chi connectivity index (χ1) is 16.6. The summed E-state index contributed by atoms with van der Waals surface area (Å²) in [5.74, 6) is -1.99. The van der Waals surface area contributed by atoms with E-state index < -0.39 is 48.3 Å². The van der Waals surface area contributed by atoms with E-state index in [1.54, 1.807) is 0 Å². The van der Waals surface area contributed by atoms with Gasteiger partial charge >= 0.3 is 12.5 Å². The quantitative estimate of drug-likeness (QED) is 0.419. The summed E-state index contributed by atoms with van der Waals surface area (Å²) >= 11 is 0. The molecule has 0 radical (unpaired) electrons. The minimum atomic E-state index is -5.01. The molecular formula is C25H21F4NO5. The lowest BCUT2D eigenvalue weighted by atomic mass is 9.98. The third-order valence-electron chi connectivity index (χ3n) is 5.68. The van der Waals surface area contributed by atoms with Crippen LogP contribution in [-0.4, -0.2) is 41.9 Å². The van der Waals surface area contributed by atoms with Crippen LogP contribution in [0.4, 0.5) is 22.4 Å². The zero-order valence-corrected chi connectivity index (χ0v) is 18.1. The fourth-order valence-electron chi connectivity index (χ4n) is 4.10. The topological polar surface area (TPSA) is 88.0 Å². The average molecular weight is 491 g/mol. The van der Waals surface area contributed by atoms with Crippen molar-refractivity contribution in [3.63, 3.8) is 0 Å². The fraction of sp³-hybridized carbons (Fsp3) is 0.240. The van der Waals surface area contributed by atoms with Gasteiger partial charge in [0.05, 0.1) is 0 Å². The predicted molar refractivity (Wildman–Crippen MR) is 117 cm³/mol. The second kappa shape index (κ2) is 9.93. The van der Waals surface area contributed by atoms with Crippen LogP contribution in [0, 0.1) is 5.82 Å². The maximum Gasteiger partial charge on any atom is 0.573 e. The number of alkyl carbamates (subject to hydrolysis) is 1. The van der Waals surface area contributed by atoms with E-state index in [1.807, 2.05) is 48.5 Å². The summed E-state index contributed by atoms with van der Waals surface area (Å²) in [6.07, 6.45) is -9.55. The van der Waals surface area contributed by atoms with Gasteiger partial charge in [0, 0.05) is 18.0 Å². The van der Waals surface area contributed by atoms with Crippen LogP contribution in [0.15, 0.2) is 66.7 Å². The number of aliphatic hydroxyl groups is 2. The molecule has 1 aliphatic carbocycles. The van der Waals surface area contributed by atoms with E-state index in [2.05, 4.69) is 10.1 Å². The van der Waals surface area contributed by atoms with Gasteiger partial charge in [-0.3, -0.25) is 0 Å². The maximum absolute atomic E-state index is 14.0. The lowest BCUT2D eigenvalue weighted by Gasteiger charge is -2.20. The molecule has 0 aromatic heterocycles. The Morgan fingerprint density at radius 3 is 2.17 bits per heavy atom. The van der Waals surface area contributed by atoms with E-state index >= 15 is 0 Å². The molecule has 1 amide bonds. The second-order valence-electron chi connectivity index (χ2n) is 7.95. The smallest absolute Gasteiger partial charge is 0.449 e. The van der Waals surface area contributed by atoms with E-state index in [0.29, 0.717) is 12.1 Å². The van der Waals surface area contributed by atoms with Gasteiger partial charge in [-0.05, 0) is 40.5 Å². The lowest BCUT2D eigenvalue weighted by Crippen LogP contribution is -2.36. The van der Waals surface area contributed by atoms with Crippen LogP contribution in [0.2, 0.25) is 0 Å². The number of halogens is 4. The van der Waals surface area contributed by atoms with Crippen molar-refractivity contribution in [2.45, 2.75) is 24.5 Å². The SMILES string of the molecule is O=C(NCC(O)C(O)c1cc(OC(F)(F)F)ccc1F)OCC1c2ccccc2-c2ccccc21. The van der Waals surface area contributed by atoms with Gasteiger partial charge in [-0.15, -0.1) is 13.2 Å². The first kappa shape index (κ1) is 24.5. The summed E-state index contributed by atoms with van der Waals surface area (Å²) in [5.41, 5.74) is 3.50. The van der Waals surface area contributed by atoms with Gasteiger partial charge in [-0.1, -0.05) is 48.5 Å². The molecule has 6 nitrogen and oxygen atoms in total. The highest BCUT2D eigenvalue weighted by Crippen LogP contribution is 2.44. The molecular weight excluding hydrogens is 470 g/mol. The summed E-state index contributed by atoms with van der Waals surface area (Å²) < 4.78 is 60.3. The van der Waals surface area contributed by atoms with Crippen LogP contribution >= 0.6 is 0 Å². The molecule has 0 spiro atoms. The zero-order chi connectivity index (χ0) is 25.2. The summed E-state index contributed by atoms with van der Waals surface area (Å²) in [6.45, 7) is -0.522. The Labute approximate surface area is 197 Å². The van der Waals surface area contributed by atoms with E-state index in [1.165, 1.54) is 0 Å². The molecule has 10 heteroatoms. The number of aliphatic hydroxyl groups excluding tert-OH is 2. The van der Waals surface area contributed by atoms with Crippen molar-refractivity contribution in [2.24, 2.45) is 0 Å². The van der Waals surface area contributed by atoms with Crippen molar-refractivity contribution < 1.29 is 42.0 Å². The molecule has 0 fully saturated rings. The number of carbonyl (C=O) groups excluding carboxylic acids is 1. The van der Waals surface area contributed by atoms with Crippen LogP contribution in [0.3, 0.4) is 0 Å². The highest BCUT2D eigenvalue weighted by molar-refractivity contribution is 5.79. The third kappa shape index (κ3) is 5.55. The van der Waals surface area contributed by atoms with E-state index in [4.69, 9.17) is 4.74 Å². The number of alkyl halides is 3. The Morgan fingerprint density at radius 1 is 0.971 bits per heavy atom. The minimum absolute atomic E-state index is 0.0178. The highest BCUT2D eigenvalue weighted by Gasteiger charge is 2.32. The zero-order valence-electron chi connectivity index (χ0n) is 18.1. The first-order valence-corrected chi connectivity index (χ1v) is 10.6. The van der Waals surface area contributed by atoms with Crippen molar-refractivity contribution in [1.29, 1.82) is 0 Å². The largest absolute Gasteiger partial charge is 0.573 e. The molecule has 4 rings (SSSR count). The molecule has 0 aliphatic heterocycles. The standard InChI is InChI=1S/C25H21F4NO5/c26-21-10-9-14(35-25(27,28)29)11-19(21)23(32)22(31)12-30-24(33)34-13-20-17-7-3-1-5-15(17)16-6-2-4-8-18(16)20/h1-11,20,22-23,31-32H,12-13H2,(H,30,33). The highest BCUT2D eigenvalue weighted by atomic mass is 19.4. The third-order valence-corrected chi connectivity index (χ3v) is 5.68. The van der Waals surface area contributed by atoms with Crippen LogP contribution < -0.4 is 10.1 Å². The molecule has 3 N–H and O–H groups in total. The van der Waals surface area contributed by atoms with Gasteiger partial charge < -0.3 is 25.0 Å². The van der Waals surface area contributed by atoms with Gasteiger partial charge in [0.15, 0.2) is 0 Å². The van der Waals surface area contributed by atoms with Gasteiger partial charge in [-0.25, -0.2) is 9.18 Å². The molecule has 0 heterocycles. The number of rotatable bonds is 7. The number of hydrogen-bond acceptors (Lipinski definition) is 5. The molecule has 3 aromatic rings. The lowest BCUT2D eigenvalue weighted by molar-refractivity contribution is -0.274. The molecule has 3 aromatic carbocycles. The van der Waals surface area contributed by atoms with Crippen LogP contribution in [-0.2, 0) is 4.74 Å². The summed E-state index contributed by atoms with van der Waals surface area (Å²) in [7, 11) is 0. The van der Waals surface area contributed by atoms with Crippen LogP contribution in [0.25, 0.3) is 11.1 Å². The monoisotopic (exact) mass is 491 g/mol. The normalized spacial score (nSPS) is 14.6. The van der Waals surface area contributed by atoms with Gasteiger partial charge in [0.2, 0.25) is 0 Å². The molecule has 2 unspecified atom stereocenters. The molecule has 0 saturated carbocycles. The Balaban J connectivity index is 1.34. The molecule has 1 aliphatic rings. The van der Waals surface area contributed by atoms with Gasteiger partial charge in [0.1, 0.15) is 30.4 Å². The van der Waals surface area contributed by atoms with Crippen molar-refractivity contribution >= 4 is 6.09 Å². The number of amides is 1. The second-order valence-corrected chi connectivity index (χ2v) is 7.95. The maximum atomic E-state index is 14.0. The van der Waals surface area contributed by atoms with E-state index in [0.717, 1.165) is 28.3 Å². The molecule has 2 atom stereocenters. The van der Waals surface area contributed by atoms with Crippen molar-refractivity contribution in [2.75, 3.05) is 13.2 Å². The Bertz CT molecular complexity index is 1170. The Kier molecular flexibility index (Phi) is 6.95. The number of ether oxygens (including phenoxy) is 2. The van der Waals surface area contributed by atoms with Gasteiger partial charge in [-0.2, -0.15) is 0 Å². The average Bonchev–Trinajstić information content (AvgIpc) is 3.15. The van der Waals surface area contributed by atoms with Crippen LogP contribution in [0.1, 0.15) is 28.7 Å². The van der Waals surface area contributed by atoms with Gasteiger partial charge in [0.25, 0.3) is 0 Å². The molecule has 0 bridgehead atoms. The number of carbonyl (C=O) groups is 1. The summed E-state index contributed by atoms with van der Waals surface area (Å²) in [5, 5.41) is 22.6. The number of hydrogen-bond donors (Lipinski definition) is 3. The molecule has 0 saturated heterocycles. The van der Waals surface area contributed by atoms with E-state index in [-0.39, 0.29) is 12.5 Å². The molecule has 184 valence electrons. The number of fused-ring (bicyclic) bond motifs is 3. The van der Waals surface area contributed by atoms with E-state index in [9.17, 15) is 32.6 Å². The van der Waals surface area contributed by atoms with Crippen molar-refractivity contribution in [3.05, 3.63) is 89.2 Å². The van der Waals surface area contributed by atoms with Crippen LogP contribution in [0.5, 0.6) is 5.75 Å². The first-order valence-electron chi connectivity index (χ1n) is 10.6. The Hall–Kier alpha value is -3.63. The molecule has 35 heavy (non-hydrogen) atoms. The van der Waals surface area contributed by atoms with Crippen molar-refractivity contribution in [3.8, 4) is 16.9 Å². The minimum Gasteiger partial charge on any atom is -0.449 e. The predicted octanol–water partition coefficient (Wildman–Crippen LogP) is 4.66. The fourth-order valence-corrected chi connectivity index (χ4v) is 4.10. The number of nitrogens with one attached hydrogen (secondary N) is 1. The number of benzene rings is 3. The van der Waals surface area contributed by atoms with Crippen molar-refractivity contribution in [1.82, 2.24) is 5.32 Å². The summed E-state index contributed by atoms with van der Waals surface area (Å²) in [4.78, 5) is 12.2. The Morgan fingerprint density at radius 2 is 1.57 bits per heavy atom.